The van der Waals surface area contributed by atoms with Crippen molar-refractivity contribution >= 4 is 6.09 Å². The fourth-order valence-electron chi connectivity index (χ4n) is 1.68. The Hall–Kier alpha value is -1.59. The van der Waals surface area contributed by atoms with Gasteiger partial charge in [-0.2, -0.15) is 0 Å². The highest BCUT2D eigenvalue weighted by Crippen LogP contribution is 2.01. The van der Waals surface area contributed by atoms with Crippen LogP contribution in [-0.4, -0.2) is 18.7 Å². The molecular weight excluding hydrogens is 242 g/mol. The van der Waals surface area contributed by atoms with E-state index in [-0.39, 0.29) is 12.6 Å². The van der Waals surface area contributed by atoms with Crippen LogP contribution < -0.4 is 16.6 Å². The first-order chi connectivity index (χ1) is 9.26. The number of hydrogen-bond acceptors (Lipinski definition) is 4. The summed E-state index contributed by atoms with van der Waals surface area (Å²) in [5.74, 6) is 5.42. The summed E-state index contributed by atoms with van der Waals surface area (Å²) in [5.41, 5.74) is 3.67. The molecule has 1 aromatic carbocycles. The van der Waals surface area contributed by atoms with Crippen molar-refractivity contribution in [1.29, 1.82) is 0 Å². The van der Waals surface area contributed by atoms with Gasteiger partial charge >= 0.3 is 6.09 Å². The molecule has 0 radical (unpaired) electrons. The van der Waals surface area contributed by atoms with E-state index in [4.69, 9.17) is 10.6 Å². The summed E-state index contributed by atoms with van der Waals surface area (Å²) in [7, 11) is 0. The zero-order valence-electron chi connectivity index (χ0n) is 11.4. The van der Waals surface area contributed by atoms with E-state index in [0.717, 1.165) is 24.8 Å². The lowest BCUT2D eigenvalue weighted by Crippen LogP contribution is -2.44. The van der Waals surface area contributed by atoms with E-state index in [0.29, 0.717) is 6.54 Å². The van der Waals surface area contributed by atoms with Gasteiger partial charge in [0.1, 0.15) is 6.61 Å². The molecule has 0 aromatic heterocycles. The van der Waals surface area contributed by atoms with E-state index in [9.17, 15) is 4.79 Å². The van der Waals surface area contributed by atoms with Crippen molar-refractivity contribution in [2.24, 2.45) is 5.84 Å². The Bertz CT molecular complexity index is 357. The first-order valence-corrected chi connectivity index (χ1v) is 6.67. The lowest BCUT2D eigenvalue weighted by Gasteiger charge is -2.16. The smallest absolute Gasteiger partial charge is 0.407 e. The Morgan fingerprint density at radius 1 is 1.37 bits per heavy atom. The molecule has 19 heavy (non-hydrogen) atoms. The molecule has 1 unspecified atom stereocenters. The van der Waals surface area contributed by atoms with Crippen LogP contribution in [0.4, 0.5) is 4.79 Å². The minimum atomic E-state index is -0.416. The van der Waals surface area contributed by atoms with Crippen LogP contribution in [0, 0.1) is 0 Å². The third-order valence-electron chi connectivity index (χ3n) is 2.85. The van der Waals surface area contributed by atoms with Gasteiger partial charge < -0.3 is 10.1 Å². The fourth-order valence-corrected chi connectivity index (χ4v) is 1.68. The highest BCUT2D eigenvalue weighted by Gasteiger charge is 2.08. The first kappa shape index (κ1) is 15.5. The van der Waals surface area contributed by atoms with Crippen molar-refractivity contribution in [3.63, 3.8) is 0 Å². The van der Waals surface area contributed by atoms with E-state index in [1.54, 1.807) is 0 Å². The molecule has 1 aromatic rings. The Morgan fingerprint density at radius 3 is 2.74 bits per heavy atom. The van der Waals surface area contributed by atoms with Gasteiger partial charge in [-0.05, 0) is 12.0 Å². The Labute approximate surface area is 114 Å². The summed E-state index contributed by atoms with van der Waals surface area (Å²) in [5, 5.41) is 2.71. The summed E-state index contributed by atoms with van der Waals surface area (Å²) < 4.78 is 5.11. The van der Waals surface area contributed by atoms with Crippen LogP contribution in [0.2, 0.25) is 0 Å². The quantitative estimate of drug-likeness (QED) is 0.496. The minimum Gasteiger partial charge on any atom is -0.445 e. The SMILES string of the molecule is CCCCC(CNC(=O)OCc1ccccc1)NN. The molecule has 0 saturated heterocycles. The minimum absolute atomic E-state index is 0.0872. The molecular formula is C14H23N3O2. The van der Waals surface area contributed by atoms with E-state index < -0.39 is 6.09 Å². The van der Waals surface area contributed by atoms with Gasteiger partial charge in [0, 0.05) is 12.6 Å². The number of benzene rings is 1. The fraction of sp³-hybridized carbons (Fsp3) is 0.500. The lowest BCUT2D eigenvalue weighted by atomic mass is 10.1. The molecule has 1 atom stereocenters. The third-order valence-corrected chi connectivity index (χ3v) is 2.85. The number of ether oxygens (including phenoxy) is 1. The number of alkyl carbamates (subject to hydrolysis) is 1. The molecule has 0 spiro atoms. The van der Waals surface area contributed by atoms with Crippen LogP contribution in [0.3, 0.4) is 0 Å². The van der Waals surface area contributed by atoms with Gasteiger partial charge in [0.2, 0.25) is 0 Å². The van der Waals surface area contributed by atoms with E-state index >= 15 is 0 Å². The summed E-state index contributed by atoms with van der Waals surface area (Å²) in [6.45, 7) is 2.88. The predicted octanol–water partition coefficient (Wildman–Crippen LogP) is 1.93. The van der Waals surface area contributed by atoms with Crippen molar-refractivity contribution in [3.8, 4) is 0 Å². The van der Waals surface area contributed by atoms with E-state index in [1.807, 2.05) is 30.3 Å². The van der Waals surface area contributed by atoms with Gasteiger partial charge in [0.15, 0.2) is 0 Å². The normalized spacial score (nSPS) is 11.9. The van der Waals surface area contributed by atoms with Gasteiger partial charge in [0.25, 0.3) is 0 Å². The standard InChI is InChI=1S/C14H23N3O2/c1-2-3-9-13(17-15)10-16-14(18)19-11-12-7-5-4-6-8-12/h4-8,13,17H,2-3,9-11,15H2,1H3,(H,16,18). The number of nitrogens with one attached hydrogen (secondary N) is 2. The van der Waals surface area contributed by atoms with Gasteiger partial charge in [-0.15, -0.1) is 0 Å². The zero-order chi connectivity index (χ0) is 13.9. The zero-order valence-corrected chi connectivity index (χ0v) is 11.4. The molecule has 0 fully saturated rings. The number of unbranched alkanes of at least 4 members (excludes halogenated alkanes) is 1. The van der Waals surface area contributed by atoms with E-state index in [1.165, 1.54) is 0 Å². The number of hydrogen-bond donors (Lipinski definition) is 3. The van der Waals surface area contributed by atoms with Crippen LogP contribution >= 0.6 is 0 Å². The molecule has 106 valence electrons. The number of nitrogens with two attached hydrogens (primary N) is 1. The third kappa shape index (κ3) is 6.79. The first-order valence-electron chi connectivity index (χ1n) is 6.67. The number of carbonyl (C=O) groups excluding carboxylic acids is 1. The number of hydrazine groups is 1. The van der Waals surface area contributed by atoms with Gasteiger partial charge in [0.05, 0.1) is 0 Å². The molecule has 0 aliphatic carbocycles. The highest BCUT2D eigenvalue weighted by atomic mass is 16.5. The van der Waals surface area contributed by atoms with E-state index in [2.05, 4.69) is 17.7 Å². The second-order valence-electron chi connectivity index (χ2n) is 4.45. The Balaban J connectivity index is 2.20. The molecule has 0 heterocycles. The monoisotopic (exact) mass is 265 g/mol. The predicted molar refractivity (Wildman–Crippen MR) is 75.3 cm³/mol. The van der Waals surface area contributed by atoms with Crippen LogP contribution in [0.15, 0.2) is 30.3 Å². The molecule has 0 saturated carbocycles. The number of amides is 1. The maximum atomic E-state index is 11.5. The molecule has 1 rings (SSSR count). The highest BCUT2D eigenvalue weighted by molar-refractivity contribution is 5.67. The van der Waals surface area contributed by atoms with Crippen LogP contribution in [0.25, 0.3) is 0 Å². The molecule has 1 amide bonds. The van der Waals surface area contributed by atoms with Crippen molar-refractivity contribution < 1.29 is 9.53 Å². The average molecular weight is 265 g/mol. The van der Waals surface area contributed by atoms with Gasteiger partial charge in [-0.3, -0.25) is 11.3 Å². The van der Waals surface area contributed by atoms with Crippen molar-refractivity contribution in [3.05, 3.63) is 35.9 Å². The van der Waals surface area contributed by atoms with Gasteiger partial charge in [-0.1, -0.05) is 50.1 Å². The summed E-state index contributed by atoms with van der Waals surface area (Å²) >= 11 is 0. The van der Waals surface area contributed by atoms with Gasteiger partial charge in [-0.25, -0.2) is 4.79 Å². The second-order valence-corrected chi connectivity index (χ2v) is 4.45. The summed E-state index contributed by atoms with van der Waals surface area (Å²) in [6, 6.07) is 9.67. The maximum absolute atomic E-state index is 11.5. The molecule has 5 nitrogen and oxygen atoms in total. The molecule has 0 aliphatic rings. The number of rotatable bonds is 8. The lowest BCUT2D eigenvalue weighted by molar-refractivity contribution is 0.138. The molecule has 5 heteroatoms. The van der Waals surface area contributed by atoms with Crippen molar-refractivity contribution in [2.45, 2.75) is 38.8 Å². The van der Waals surface area contributed by atoms with Crippen molar-refractivity contribution in [2.75, 3.05) is 6.54 Å². The largest absolute Gasteiger partial charge is 0.445 e. The van der Waals surface area contributed by atoms with Crippen LogP contribution in [0.5, 0.6) is 0 Å². The van der Waals surface area contributed by atoms with Crippen LogP contribution in [0.1, 0.15) is 31.7 Å². The Kier molecular flexibility index (Phi) is 7.62. The molecule has 0 bridgehead atoms. The second kappa shape index (κ2) is 9.35. The average Bonchev–Trinajstić information content (AvgIpc) is 2.46. The molecule has 4 N–H and O–H groups in total. The summed E-state index contributed by atoms with van der Waals surface area (Å²) in [4.78, 5) is 11.5. The molecule has 0 aliphatic heterocycles. The maximum Gasteiger partial charge on any atom is 0.407 e. The Morgan fingerprint density at radius 2 is 2.11 bits per heavy atom. The van der Waals surface area contributed by atoms with Crippen LogP contribution in [-0.2, 0) is 11.3 Å². The summed E-state index contributed by atoms with van der Waals surface area (Å²) in [6.07, 6.45) is 2.71. The topological polar surface area (TPSA) is 76.4 Å². The van der Waals surface area contributed by atoms with Crippen molar-refractivity contribution in [1.82, 2.24) is 10.7 Å². The number of carbonyl (C=O) groups is 1.